The summed E-state index contributed by atoms with van der Waals surface area (Å²) in [5, 5.41) is 23.7. The summed E-state index contributed by atoms with van der Waals surface area (Å²) in [7, 11) is -9.50. The fraction of sp³-hybridized carbons (Fsp3) is 0.121. The van der Waals surface area contributed by atoms with Crippen molar-refractivity contribution in [3.63, 3.8) is 0 Å². The standard InChI is InChI=1S/C33H28ClN7O7S2/c1-4-41(21-10-6-5-7-11-21)33-37-31(34)36-32(38-33)35-26-17-22(49(43,44)45)16-20-15-19(3)28(29(42)27(20)26)40-39-25-14-13-23-18(2)9-8-12-24(23)30(25)50(46,47)48/h5-17,42H,4H2,1-3H3,(H,43,44,45)(H,46,47,48)(H,35,36,37,38). The Balaban J connectivity index is 1.51. The first-order valence-corrected chi connectivity index (χ1v) is 18.1. The van der Waals surface area contributed by atoms with Gasteiger partial charge in [-0.15, -0.1) is 10.2 Å². The zero-order chi connectivity index (χ0) is 36.0. The lowest BCUT2D eigenvalue weighted by molar-refractivity contribution is 0.480. The highest BCUT2D eigenvalue weighted by Crippen LogP contribution is 2.44. The van der Waals surface area contributed by atoms with Gasteiger partial charge in [0.25, 0.3) is 20.2 Å². The molecule has 0 aliphatic rings. The number of aryl methyl sites for hydroxylation is 2. The van der Waals surface area contributed by atoms with E-state index in [1.165, 1.54) is 18.2 Å². The highest BCUT2D eigenvalue weighted by Gasteiger charge is 2.23. The van der Waals surface area contributed by atoms with Crippen molar-refractivity contribution in [2.45, 2.75) is 30.6 Å². The molecule has 0 unspecified atom stereocenters. The van der Waals surface area contributed by atoms with E-state index in [1.807, 2.05) is 37.3 Å². The van der Waals surface area contributed by atoms with Crippen molar-refractivity contribution in [3.05, 3.63) is 95.3 Å². The summed E-state index contributed by atoms with van der Waals surface area (Å²) in [5.74, 6) is -0.417. The van der Waals surface area contributed by atoms with Crippen molar-refractivity contribution in [1.82, 2.24) is 15.0 Å². The number of aromatic hydroxyl groups is 1. The van der Waals surface area contributed by atoms with Crippen LogP contribution in [0.15, 0.2) is 98.9 Å². The van der Waals surface area contributed by atoms with Crippen molar-refractivity contribution in [2.75, 3.05) is 16.8 Å². The van der Waals surface area contributed by atoms with Crippen LogP contribution in [-0.4, -0.2) is 52.5 Å². The number of phenolic OH excluding ortho intramolecular Hbond substituents is 1. The SMILES string of the molecule is CCN(c1ccccc1)c1nc(Cl)nc(Nc2cc(S(=O)(=O)O)cc3cc(C)c(N=Nc4ccc5c(C)cccc5c4S(=O)(=O)O)c(O)c23)n1. The largest absolute Gasteiger partial charge is 0.505 e. The van der Waals surface area contributed by atoms with E-state index in [-0.39, 0.29) is 50.4 Å². The molecule has 0 saturated carbocycles. The molecule has 0 aliphatic heterocycles. The van der Waals surface area contributed by atoms with Gasteiger partial charge in [-0.2, -0.15) is 31.8 Å². The molecule has 6 aromatic rings. The topological polar surface area (TPSA) is 208 Å². The van der Waals surface area contributed by atoms with E-state index >= 15 is 0 Å². The summed E-state index contributed by atoms with van der Waals surface area (Å²) >= 11 is 6.29. The molecule has 50 heavy (non-hydrogen) atoms. The van der Waals surface area contributed by atoms with E-state index in [2.05, 4.69) is 30.5 Å². The van der Waals surface area contributed by atoms with Gasteiger partial charge in [-0.1, -0.05) is 42.5 Å². The predicted octanol–water partition coefficient (Wildman–Crippen LogP) is 7.96. The number of fused-ring (bicyclic) bond motifs is 2. The molecule has 5 aromatic carbocycles. The van der Waals surface area contributed by atoms with Crippen molar-refractivity contribution in [1.29, 1.82) is 0 Å². The second-order valence-corrected chi connectivity index (χ2v) is 14.2. The minimum atomic E-state index is -4.77. The van der Waals surface area contributed by atoms with Gasteiger partial charge in [0.15, 0.2) is 5.75 Å². The highest BCUT2D eigenvalue weighted by molar-refractivity contribution is 7.86. The maximum atomic E-state index is 12.5. The molecule has 0 atom stereocenters. The van der Waals surface area contributed by atoms with Crippen LogP contribution in [0.2, 0.25) is 5.28 Å². The number of nitrogens with one attached hydrogen (secondary N) is 1. The molecule has 0 saturated heterocycles. The average Bonchev–Trinajstić information content (AvgIpc) is 3.04. The number of rotatable bonds is 9. The fourth-order valence-corrected chi connectivity index (χ4v) is 7.14. The summed E-state index contributed by atoms with van der Waals surface area (Å²) in [5.41, 5.74) is 1.52. The molecule has 0 aliphatic carbocycles. The molecule has 0 bridgehead atoms. The number of benzene rings is 5. The van der Waals surface area contributed by atoms with Gasteiger partial charge >= 0.3 is 0 Å². The van der Waals surface area contributed by atoms with E-state index in [0.717, 1.165) is 23.4 Å². The normalized spacial score (nSPS) is 12.2. The number of hydrogen-bond acceptors (Lipinski definition) is 12. The Morgan fingerprint density at radius 2 is 1.56 bits per heavy atom. The van der Waals surface area contributed by atoms with E-state index in [0.29, 0.717) is 17.5 Å². The molecule has 4 N–H and O–H groups in total. The molecule has 1 heterocycles. The number of para-hydroxylation sites is 1. The third-order valence-corrected chi connectivity index (χ3v) is 9.79. The van der Waals surface area contributed by atoms with Gasteiger partial charge in [0.1, 0.15) is 16.3 Å². The highest BCUT2D eigenvalue weighted by atomic mass is 35.5. The van der Waals surface area contributed by atoms with Crippen LogP contribution in [-0.2, 0) is 20.2 Å². The Bertz CT molecular complexity index is 2570. The zero-order valence-corrected chi connectivity index (χ0v) is 29.0. The Morgan fingerprint density at radius 1 is 0.820 bits per heavy atom. The predicted molar refractivity (Wildman–Crippen MR) is 190 cm³/mol. The number of nitrogens with zero attached hydrogens (tertiary/aromatic N) is 6. The van der Waals surface area contributed by atoms with Gasteiger partial charge in [0.2, 0.25) is 17.2 Å². The van der Waals surface area contributed by atoms with Crippen molar-refractivity contribution < 1.29 is 31.0 Å². The van der Waals surface area contributed by atoms with Crippen molar-refractivity contribution in [3.8, 4) is 5.75 Å². The Hall–Kier alpha value is -5.26. The first kappa shape index (κ1) is 34.6. The lowest BCUT2D eigenvalue weighted by Gasteiger charge is -2.21. The van der Waals surface area contributed by atoms with E-state index in [1.54, 1.807) is 36.9 Å². The van der Waals surface area contributed by atoms with Crippen LogP contribution in [0, 0.1) is 13.8 Å². The van der Waals surface area contributed by atoms with Crippen LogP contribution in [0.1, 0.15) is 18.1 Å². The fourth-order valence-electron chi connectivity index (χ4n) is 5.61. The second-order valence-electron chi connectivity index (χ2n) is 11.1. The van der Waals surface area contributed by atoms with Crippen LogP contribution in [0.3, 0.4) is 0 Å². The Kier molecular flexibility index (Phi) is 9.15. The first-order valence-electron chi connectivity index (χ1n) is 14.9. The van der Waals surface area contributed by atoms with Crippen LogP contribution in [0.4, 0.5) is 34.6 Å². The van der Waals surface area contributed by atoms with Gasteiger partial charge in [0.05, 0.1) is 10.6 Å². The number of hydrogen-bond donors (Lipinski definition) is 4. The van der Waals surface area contributed by atoms with E-state index < -0.39 is 35.8 Å². The summed E-state index contributed by atoms with van der Waals surface area (Å²) in [6, 6.07) is 21.0. The zero-order valence-electron chi connectivity index (χ0n) is 26.6. The minimum absolute atomic E-state index is 0.0366. The Labute approximate surface area is 291 Å². The monoisotopic (exact) mass is 733 g/mol. The molecule has 0 radical (unpaired) electrons. The molecular formula is C33H28ClN7O7S2. The van der Waals surface area contributed by atoms with Crippen LogP contribution in [0.25, 0.3) is 21.5 Å². The lowest BCUT2D eigenvalue weighted by atomic mass is 10.0. The van der Waals surface area contributed by atoms with Gasteiger partial charge in [-0.3, -0.25) is 9.11 Å². The maximum Gasteiger partial charge on any atom is 0.297 e. The molecule has 14 nitrogen and oxygen atoms in total. The van der Waals surface area contributed by atoms with Crippen LogP contribution in [0.5, 0.6) is 5.75 Å². The van der Waals surface area contributed by atoms with Gasteiger partial charge in [-0.25, -0.2) is 0 Å². The Morgan fingerprint density at radius 3 is 2.24 bits per heavy atom. The number of phenols is 1. The molecule has 0 fully saturated rings. The smallest absolute Gasteiger partial charge is 0.297 e. The summed E-state index contributed by atoms with van der Waals surface area (Å²) in [4.78, 5) is 13.7. The number of aromatic nitrogens is 3. The minimum Gasteiger partial charge on any atom is -0.505 e. The molecule has 1 aromatic heterocycles. The number of anilines is 4. The second kappa shape index (κ2) is 13.2. The van der Waals surface area contributed by atoms with Crippen LogP contribution < -0.4 is 10.2 Å². The molecule has 17 heteroatoms. The van der Waals surface area contributed by atoms with Gasteiger partial charge in [0, 0.05) is 23.0 Å². The van der Waals surface area contributed by atoms with E-state index in [9.17, 15) is 31.0 Å². The number of halogens is 1. The number of azo groups is 1. The van der Waals surface area contributed by atoms with Crippen molar-refractivity contribution >= 4 is 88.0 Å². The molecule has 0 amide bonds. The third kappa shape index (κ3) is 6.79. The van der Waals surface area contributed by atoms with Gasteiger partial charge < -0.3 is 15.3 Å². The molecule has 0 spiro atoms. The molecule has 256 valence electrons. The average molecular weight is 734 g/mol. The quantitative estimate of drug-likeness (QED) is 0.0824. The van der Waals surface area contributed by atoms with Gasteiger partial charge in [-0.05, 0) is 90.7 Å². The lowest BCUT2D eigenvalue weighted by Crippen LogP contribution is -2.19. The molecular weight excluding hydrogens is 706 g/mol. The van der Waals surface area contributed by atoms with Crippen LogP contribution >= 0.6 is 11.6 Å². The maximum absolute atomic E-state index is 12.5. The van der Waals surface area contributed by atoms with E-state index in [4.69, 9.17) is 11.6 Å². The first-order chi connectivity index (χ1) is 23.7. The molecule has 6 rings (SSSR count). The van der Waals surface area contributed by atoms with Crippen molar-refractivity contribution in [2.24, 2.45) is 10.2 Å². The third-order valence-electron chi connectivity index (χ3n) is 7.84. The summed E-state index contributed by atoms with van der Waals surface area (Å²) < 4.78 is 69.7. The summed E-state index contributed by atoms with van der Waals surface area (Å²) in [6.45, 7) is 5.70. The summed E-state index contributed by atoms with van der Waals surface area (Å²) in [6.07, 6.45) is 0.